The molecule has 0 aliphatic heterocycles. The zero-order valence-electron chi connectivity index (χ0n) is 14.4. The topological polar surface area (TPSA) is 56.8 Å². The Bertz CT molecular complexity index is 1060. The molecule has 0 N–H and O–H groups in total. The van der Waals surface area contributed by atoms with Crippen LogP contribution in [0, 0.1) is 22.7 Å². The minimum atomic E-state index is 0.388. The first-order valence-corrected chi connectivity index (χ1v) is 8.66. The van der Waals surface area contributed by atoms with Crippen molar-refractivity contribution in [1.29, 1.82) is 10.5 Å². The van der Waals surface area contributed by atoms with E-state index in [0.717, 1.165) is 22.4 Å². The molecule has 0 atom stereocenters. The molecule has 0 fully saturated rings. The number of hydrogen-bond acceptors (Lipinski definition) is 3. The van der Waals surface area contributed by atoms with Crippen LogP contribution in [0.2, 0.25) is 5.02 Å². The van der Waals surface area contributed by atoms with E-state index in [-0.39, 0.29) is 0 Å². The summed E-state index contributed by atoms with van der Waals surface area (Å²) in [7, 11) is 0. The van der Waals surface area contributed by atoms with Crippen LogP contribution < -0.4 is 4.74 Å². The van der Waals surface area contributed by atoms with Gasteiger partial charge in [-0.1, -0.05) is 54.1 Å². The molecular weight excluding hydrogens is 356 g/mol. The molecule has 3 nitrogen and oxygen atoms in total. The summed E-state index contributed by atoms with van der Waals surface area (Å²) in [5.41, 5.74) is 3.54. The van der Waals surface area contributed by atoms with E-state index in [1.165, 1.54) is 0 Å². The molecule has 130 valence electrons. The summed E-state index contributed by atoms with van der Waals surface area (Å²) in [6, 6.07) is 26.3. The summed E-state index contributed by atoms with van der Waals surface area (Å²) in [4.78, 5) is 0. The third-order valence-electron chi connectivity index (χ3n) is 3.97. The molecule has 0 heterocycles. The highest BCUT2D eigenvalue weighted by atomic mass is 35.5. The third-order valence-corrected chi connectivity index (χ3v) is 4.34. The van der Waals surface area contributed by atoms with E-state index in [4.69, 9.17) is 21.6 Å². The van der Waals surface area contributed by atoms with E-state index in [2.05, 4.69) is 12.1 Å². The maximum atomic E-state index is 9.46. The number of hydrogen-bond donors (Lipinski definition) is 0. The largest absolute Gasteiger partial charge is 0.489 e. The smallest absolute Gasteiger partial charge is 0.119 e. The molecule has 0 amide bonds. The standard InChI is InChI=1S/C23H15ClN2O/c24-23-7-2-1-5-20(23)16-27-22-10-8-17(9-11-22)12-21(15-26)19-6-3-4-18(13-19)14-25/h1-13H,16H2. The first kappa shape index (κ1) is 18.3. The Morgan fingerprint density at radius 3 is 2.44 bits per heavy atom. The Labute approximate surface area is 163 Å². The molecule has 3 aromatic carbocycles. The molecule has 3 rings (SSSR count). The quantitative estimate of drug-likeness (QED) is 0.417. The zero-order chi connectivity index (χ0) is 19.1. The maximum absolute atomic E-state index is 9.46. The third kappa shape index (κ3) is 4.76. The van der Waals surface area contributed by atoms with Gasteiger partial charge < -0.3 is 4.74 Å². The van der Waals surface area contributed by atoms with Crippen molar-refractivity contribution in [2.24, 2.45) is 0 Å². The Kier molecular flexibility index (Phi) is 5.90. The molecule has 0 saturated carbocycles. The van der Waals surface area contributed by atoms with Crippen molar-refractivity contribution in [1.82, 2.24) is 0 Å². The second kappa shape index (κ2) is 8.72. The van der Waals surface area contributed by atoms with E-state index in [1.807, 2.05) is 54.6 Å². The van der Waals surface area contributed by atoms with Crippen molar-refractivity contribution < 1.29 is 4.74 Å². The van der Waals surface area contributed by atoms with E-state index >= 15 is 0 Å². The normalized spacial score (nSPS) is 10.7. The van der Waals surface area contributed by atoms with Crippen molar-refractivity contribution >= 4 is 23.3 Å². The lowest BCUT2D eigenvalue weighted by atomic mass is 10.0. The SMILES string of the molecule is N#CC(=Cc1ccc(OCc2ccccc2Cl)cc1)c1cccc(C#N)c1. The highest BCUT2D eigenvalue weighted by molar-refractivity contribution is 6.31. The fourth-order valence-electron chi connectivity index (χ4n) is 2.54. The Balaban J connectivity index is 1.74. The van der Waals surface area contributed by atoms with Crippen LogP contribution in [0.3, 0.4) is 0 Å². The summed E-state index contributed by atoms with van der Waals surface area (Å²) in [5, 5.41) is 19.1. The lowest BCUT2D eigenvalue weighted by Gasteiger charge is -2.08. The van der Waals surface area contributed by atoms with Gasteiger partial charge in [0.2, 0.25) is 0 Å². The minimum absolute atomic E-state index is 0.388. The Morgan fingerprint density at radius 1 is 0.963 bits per heavy atom. The van der Waals surface area contributed by atoms with Gasteiger partial charge in [0.15, 0.2) is 0 Å². The molecule has 0 aromatic heterocycles. The first-order valence-electron chi connectivity index (χ1n) is 8.28. The summed E-state index contributed by atoms with van der Waals surface area (Å²) >= 11 is 6.13. The minimum Gasteiger partial charge on any atom is -0.489 e. The van der Waals surface area contributed by atoms with Gasteiger partial charge in [-0.05, 0) is 47.5 Å². The average Bonchev–Trinajstić information content (AvgIpc) is 2.72. The predicted molar refractivity (Wildman–Crippen MR) is 107 cm³/mol. The molecule has 27 heavy (non-hydrogen) atoms. The molecule has 0 radical (unpaired) electrons. The highest BCUT2D eigenvalue weighted by Crippen LogP contribution is 2.22. The second-order valence-corrected chi connectivity index (χ2v) is 6.22. The van der Waals surface area contributed by atoms with Gasteiger partial charge >= 0.3 is 0 Å². The number of rotatable bonds is 5. The fourth-order valence-corrected chi connectivity index (χ4v) is 2.73. The van der Waals surface area contributed by atoms with Crippen LogP contribution in [-0.2, 0) is 6.61 Å². The molecule has 0 saturated heterocycles. The van der Waals surface area contributed by atoms with Crippen molar-refractivity contribution in [3.63, 3.8) is 0 Å². The van der Waals surface area contributed by atoms with Gasteiger partial charge in [0.1, 0.15) is 12.4 Å². The summed E-state index contributed by atoms with van der Waals surface area (Å²) in [6.45, 7) is 0.388. The maximum Gasteiger partial charge on any atom is 0.119 e. The zero-order valence-corrected chi connectivity index (χ0v) is 15.1. The molecule has 0 unspecified atom stereocenters. The van der Waals surface area contributed by atoms with Gasteiger partial charge in [-0.2, -0.15) is 10.5 Å². The van der Waals surface area contributed by atoms with Crippen molar-refractivity contribution in [2.45, 2.75) is 6.61 Å². The van der Waals surface area contributed by atoms with Gasteiger partial charge in [-0.25, -0.2) is 0 Å². The molecule has 3 aromatic rings. The number of allylic oxidation sites excluding steroid dienone is 1. The van der Waals surface area contributed by atoms with Gasteiger partial charge in [-0.3, -0.25) is 0 Å². The van der Waals surface area contributed by atoms with Gasteiger partial charge in [-0.15, -0.1) is 0 Å². The van der Waals surface area contributed by atoms with Gasteiger partial charge in [0, 0.05) is 10.6 Å². The molecule has 0 aliphatic rings. The molecule has 4 heteroatoms. The lowest BCUT2D eigenvalue weighted by Crippen LogP contribution is -1.95. The molecular formula is C23H15ClN2O. The second-order valence-electron chi connectivity index (χ2n) is 5.81. The van der Waals surface area contributed by atoms with Crippen molar-refractivity contribution in [3.8, 4) is 17.9 Å². The summed E-state index contributed by atoms with van der Waals surface area (Å²) < 4.78 is 5.77. The van der Waals surface area contributed by atoms with Crippen LogP contribution in [0.4, 0.5) is 0 Å². The summed E-state index contributed by atoms with van der Waals surface area (Å²) in [6.07, 6.45) is 1.79. The van der Waals surface area contributed by atoms with Crippen LogP contribution in [0.15, 0.2) is 72.8 Å². The summed E-state index contributed by atoms with van der Waals surface area (Å²) in [5.74, 6) is 0.719. The van der Waals surface area contributed by atoms with Crippen molar-refractivity contribution in [2.75, 3.05) is 0 Å². The number of nitrogens with zero attached hydrogens (tertiary/aromatic N) is 2. The number of ether oxygens (including phenoxy) is 1. The monoisotopic (exact) mass is 370 g/mol. The van der Waals surface area contributed by atoms with Crippen LogP contribution in [-0.4, -0.2) is 0 Å². The lowest BCUT2D eigenvalue weighted by molar-refractivity contribution is 0.306. The average molecular weight is 371 g/mol. The predicted octanol–water partition coefficient (Wildman–Crippen LogP) is 5.85. The highest BCUT2D eigenvalue weighted by Gasteiger charge is 2.04. The Hall–Kier alpha value is -3.53. The van der Waals surface area contributed by atoms with Gasteiger partial charge in [0.25, 0.3) is 0 Å². The number of benzene rings is 3. The van der Waals surface area contributed by atoms with E-state index in [1.54, 1.807) is 24.3 Å². The number of nitriles is 2. The van der Waals surface area contributed by atoms with Crippen molar-refractivity contribution in [3.05, 3.63) is 100 Å². The van der Waals surface area contributed by atoms with Gasteiger partial charge in [0.05, 0.1) is 23.3 Å². The van der Waals surface area contributed by atoms with E-state index in [9.17, 15) is 5.26 Å². The van der Waals surface area contributed by atoms with E-state index < -0.39 is 0 Å². The number of halogens is 1. The van der Waals surface area contributed by atoms with Crippen LogP contribution in [0.25, 0.3) is 11.6 Å². The van der Waals surface area contributed by atoms with Crippen LogP contribution in [0.1, 0.15) is 22.3 Å². The first-order chi connectivity index (χ1) is 13.2. The van der Waals surface area contributed by atoms with E-state index in [0.29, 0.717) is 22.8 Å². The molecule has 0 spiro atoms. The molecule has 0 aliphatic carbocycles. The molecule has 0 bridgehead atoms. The Morgan fingerprint density at radius 2 is 1.74 bits per heavy atom. The fraction of sp³-hybridized carbons (Fsp3) is 0.0435. The van der Waals surface area contributed by atoms with Crippen LogP contribution >= 0.6 is 11.6 Å². The van der Waals surface area contributed by atoms with Crippen LogP contribution in [0.5, 0.6) is 5.75 Å².